The van der Waals surface area contributed by atoms with E-state index in [0.717, 1.165) is 25.7 Å². The summed E-state index contributed by atoms with van der Waals surface area (Å²) in [5, 5.41) is 0. The van der Waals surface area contributed by atoms with Crippen molar-refractivity contribution < 1.29 is 4.79 Å². The summed E-state index contributed by atoms with van der Waals surface area (Å²) >= 11 is 0. The topological polar surface area (TPSA) is 17.1 Å². The summed E-state index contributed by atoms with van der Waals surface area (Å²) in [5.41, 5.74) is 1.32. The minimum absolute atomic E-state index is 0.518. The highest BCUT2D eigenvalue weighted by Crippen LogP contribution is 2.14. The lowest BCUT2D eigenvalue weighted by Crippen LogP contribution is -1.97. The highest BCUT2D eigenvalue weighted by Gasteiger charge is 2.02. The molecule has 0 radical (unpaired) electrons. The molecule has 1 heteroatoms. The molecule has 0 fully saturated rings. The number of carbonyl (C=O) groups is 1. The quantitative estimate of drug-likeness (QED) is 0.158. The molecule has 1 aromatic carbocycles. The maximum atomic E-state index is 11.9. The molecule has 0 spiro atoms. The van der Waals surface area contributed by atoms with Crippen molar-refractivity contribution in [2.24, 2.45) is 0 Å². The van der Waals surface area contributed by atoms with Crippen LogP contribution in [0.25, 0.3) is 0 Å². The van der Waals surface area contributed by atoms with Crippen LogP contribution in [-0.2, 0) is 4.79 Å². The van der Waals surface area contributed by atoms with E-state index in [-0.39, 0.29) is 0 Å². The average Bonchev–Trinajstić information content (AvgIpc) is 2.82. The molecular formula is C32H58O. The number of rotatable bonds is 22. The molecule has 33 heavy (non-hydrogen) atoms. The van der Waals surface area contributed by atoms with Crippen LogP contribution < -0.4 is 0 Å². The van der Waals surface area contributed by atoms with Crippen molar-refractivity contribution in [2.45, 2.75) is 162 Å². The van der Waals surface area contributed by atoms with Crippen molar-refractivity contribution in [3.05, 3.63) is 35.9 Å². The molecule has 0 aliphatic heterocycles. The number of ketones is 1. The van der Waals surface area contributed by atoms with Gasteiger partial charge in [-0.1, -0.05) is 165 Å². The van der Waals surface area contributed by atoms with Crippen molar-refractivity contribution >= 4 is 5.78 Å². The molecule has 1 aromatic rings. The van der Waals surface area contributed by atoms with Gasteiger partial charge in [-0.15, -0.1) is 0 Å². The van der Waals surface area contributed by atoms with Crippen LogP contribution in [0.2, 0.25) is 0 Å². The van der Waals surface area contributed by atoms with E-state index in [1.54, 1.807) is 0 Å². The van der Waals surface area contributed by atoms with Gasteiger partial charge in [-0.05, 0) is 19.8 Å². The summed E-state index contributed by atoms with van der Waals surface area (Å²) in [7, 11) is 0. The van der Waals surface area contributed by atoms with Crippen LogP contribution in [-0.4, -0.2) is 5.78 Å². The van der Waals surface area contributed by atoms with E-state index < -0.39 is 0 Å². The summed E-state index contributed by atoms with van der Waals surface area (Å²) in [6, 6.07) is 10.3. The van der Waals surface area contributed by atoms with Crippen LogP contribution in [0, 0.1) is 6.92 Å². The number of aryl methyl sites for hydroxylation is 1. The third-order valence-corrected chi connectivity index (χ3v) is 6.56. The Hall–Kier alpha value is -1.11. The van der Waals surface area contributed by atoms with Crippen LogP contribution in [0.5, 0.6) is 0 Å². The number of carbonyl (C=O) groups excluding carboxylic acids is 1. The lowest BCUT2D eigenvalue weighted by molar-refractivity contribution is -0.119. The van der Waals surface area contributed by atoms with Gasteiger partial charge in [0.1, 0.15) is 5.78 Å². The van der Waals surface area contributed by atoms with Gasteiger partial charge in [0, 0.05) is 12.8 Å². The zero-order valence-electron chi connectivity index (χ0n) is 22.9. The molecule has 0 unspecified atom stereocenters. The average molecular weight is 459 g/mol. The number of hydrogen-bond donors (Lipinski definition) is 0. The van der Waals surface area contributed by atoms with E-state index in [4.69, 9.17) is 0 Å². The highest BCUT2D eigenvalue weighted by atomic mass is 16.1. The number of hydrogen-bond acceptors (Lipinski definition) is 1. The second-order valence-corrected chi connectivity index (χ2v) is 10.1. The molecule has 0 heterocycles. The first-order chi connectivity index (χ1) is 16.2. The Labute approximate surface area is 208 Å². The van der Waals surface area contributed by atoms with E-state index in [0.29, 0.717) is 5.78 Å². The zero-order chi connectivity index (χ0) is 24.2. The first-order valence-corrected chi connectivity index (χ1v) is 14.7. The summed E-state index contributed by atoms with van der Waals surface area (Å²) < 4.78 is 0. The molecule has 0 N–H and O–H groups in total. The Bertz CT molecular complexity index is 466. The number of benzene rings is 1. The van der Waals surface area contributed by atoms with Crippen LogP contribution in [0.3, 0.4) is 0 Å². The molecule has 0 saturated heterocycles. The molecule has 192 valence electrons. The molecule has 1 nitrogen and oxygen atoms in total. The Morgan fingerprint density at radius 1 is 0.485 bits per heavy atom. The molecule has 0 bridgehead atoms. The van der Waals surface area contributed by atoms with Gasteiger partial charge in [0.2, 0.25) is 0 Å². The van der Waals surface area contributed by atoms with E-state index in [1.165, 1.54) is 121 Å². The minimum atomic E-state index is 0.518. The summed E-state index contributed by atoms with van der Waals surface area (Å²) in [6.45, 7) is 6.63. The molecule has 0 aromatic heterocycles. The maximum absolute atomic E-state index is 11.9. The first-order valence-electron chi connectivity index (χ1n) is 14.7. The van der Waals surface area contributed by atoms with E-state index >= 15 is 0 Å². The SMILES string of the molecule is CCCCCCCCCCCCC(=O)CCCCCCCCCCCC.Cc1ccccc1. The predicted molar refractivity (Wildman–Crippen MR) is 149 cm³/mol. The smallest absolute Gasteiger partial charge is 0.132 e. The number of Topliss-reactive ketones (excluding diaryl/α,β-unsaturated/α-hetero) is 1. The standard InChI is InChI=1S/C25H50O.C7H8/c1-3-5-7-9-11-13-15-17-19-21-23-25(26)24-22-20-18-16-14-12-10-8-6-4-2;1-7-5-3-2-4-6-7/h3-24H2,1-2H3;2-6H,1H3. The van der Waals surface area contributed by atoms with E-state index in [1.807, 2.05) is 18.2 Å². The Morgan fingerprint density at radius 2 is 0.788 bits per heavy atom. The molecule has 0 saturated carbocycles. The van der Waals surface area contributed by atoms with Crippen molar-refractivity contribution in [2.75, 3.05) is 0 Å². The second kappa shape index (κ2) is 27.1. The predicted octanol–water partition coefficient (Wildman–Crippen LogP) is 11.2. The summed E-state index contributed by atoms with van der Waals surface area (Å²) in [4.78, 5) is 11.9. The van der Waals surface area contributed by atoms with Gasteiger partial charge in [-0.25, -0.2) is 0 Å². The molecular weight excluding hydrogens is 400 g/mol. The maximum Gasteiger partial charge on any atom is 0.132 e. The minimum Gasteiger partial charge on any atom is -0.300 e. The largest absolute Gasteiger partial charge is 0.300 e. The van der Waals surface area contributed by atoms with Crippen molar-refractivity contribution in [1.82, 2.24) is 0 Å². The second-order valence-electron chi connectivity index (χ2n) is 10.1. The van der Waals surface area contributed by atoms with Gasteiger partial charge in [-0.3, -0.25) is 4.79 Å². The Kier molecular flexibility index (Phi) is 26.2. The summed E-state index contributed by atoms with van der Waals surface area (Å²) in [5.74, 6) is 0.518. The molecule has 1 rings (SSSR count). The lowest BCUT2D eigenvalue weighted by atomic mass is 10.0. The fourth-order valence-corrected chi connectivity index (χ4v) is 4.28. The molecule has 0 aliphatic carbocycles. The third kappa shape index (κ3) is 27.0. The van der Waals surface area contributed by atoms with Gasteiger partial charge in [0.25, 0.3) is 0 Å². The first kappa shape index (κ1) is 31.9. The van der Waals surface area contributed by atoms with Gasteiger partial charge >= 0.3 is 0 Å². The molecule has 0 aliphatic rings. The Morgan fingerprint density at radius 3 is 1.06 bits per heavy atom. The van der Waals surface area contributed by atoms with Gasteiger partial charge in [0.05, 0.1) is 0 Å². The van der Waals surface area contributed by atoms with Crippen LogP contribution >= 0.6 is 0 Å². The van der Waals surface area contributed by atoms with Crippen LogP contribution in [0.4, 0.5) is 0 Å². The van der Waals surface area contributed by atoms with Gasteiger partial charge in [0.15, 0.2) is 0 Å². The lowest BCUT2D eigenvalue weighted by Gasteiger charge is -2.04. The van der Waals surface area contributed by atoms with E-state index in [2.05, 4.69) is 32.9 Å². The van der Waals surface area contributed by atoms with Crippen molar-refractivity contribution in [1.29, 1.82) is 0 Å². The molecule has 0 amide bonds. The van der Waals surface area contributed by atoms with Gasteiger partial charge < -0.3 is 0 Å². The van der Waals surface area contributed by atoms with E-state index in [9.17, 15) is 4.79 Å². The zero-order valence-corrected chi connectivity index (χ0v) is 22.9. The number of unbranched alkanes of at least 4 members (excludes halogenated alkanes) is 18. The normalized spacial score (nSPS) is 10.6. The summed E-state index contributed by atoms with van der Waals surface area (Å²) in [6.07, 6.45) is 28.7. The Balaban J connectivity index is 0.00000123. The fourth-order valence-electron chi connectivity index (χ4n) is 4.28. The van der Waals surface area contributed by atoms with Gasteiger partial charge in [-0.2, -0.15) is 0 Å². The van der Waals surface area contributed by atoms with Crippen LogP contribution in [0.15, 0.2) is 30.3 Å². The monoisotopic (exact) mass is 458 g/mol. The molecule has 0 atom stereocenters. The fraction of sp³-hybridized carbons (Fsp3) is 0.781. The highest BCUT2D eigenvalue weighted by molar-refractivity contribution is 5.78. The third-order valence-electron chi connectivity index (χ3n) is 6.56. The van der Waals surface area contributed by atoms with Crippen molar-refractivity contribution in [3.8, 4) is 0 Å². The van der Waals surface area contributed by atoms with Crippen molar-refractivity contribution in [3.63, 3.8) is 0 Å². The van der Waals surface area contributed by atoms with Crippen LogP contribution in [0.1, 0.15) is 161 Å².